The van der Waals surface area contributed by atoms with Crippen LogP contribution in [0.3, 0.4) is 0 Å². The number of thiol groups is 1. The second kappa shape index (κ2) is 22.6. The van der Waals surface area contributed by atoms with Gasteiger partial charge in [0.25, 0.3) is 0 Å². The molecule has 222 valence electrons. The smallest absolute Gasteiger partial charge is 0.326 e. The molecule has 0 heterocycles. The van der Waals surface area contributed by atoms with E-state index >= 15 is 0 Å². The van der Waals surface area contributed by atoms with Crippen LogP contribution in [0.1, 0.15) is 25.8 Å². The van der Waals surface area contributed by atoms with Crippen LogP contribution in [0.25, 0.3) is 0 Å². The van der Waals surface area contributed by atoms with E-state index in [9.17, 15) is 19.5 Å². The van der Waals surface area contributed by atoms with Gasteiger partial charge in [0.1, 0.15) is 18.7 Å². The van der Waals surface area contributed by atoms with E-state index in [4.69, 9.17) is 23.7 Å². The highest BCUT2D eigenvalue weighted by Crippen LogP contribution is 2.08. The van der Waals surface area contributed by atoms with Gasteiger partial charge in [0, 0.05) is 12.2 Å². The molecule has 0 aliphatic carbocycles. The number of carboxylic acid groups (broad SMARTS) is 1. The Kier molecular flexibility index (Phi) is 20.2. The molecule has 0 radical (unpaired) electrons. The van der Waals surface area contributed by atoms with E-state index in [0.717, 1.165) is 5.56 Å². The third-order valence-corrected chi connectivity index (χ3v) is 5.40. The predicted octanol–water partition coefficient (Wildman–Crippen LogP) is 1.34. The molecular weight excluding hydrogens is 528 g/mol. The van der Waals surface area contributed by atoms with Crippen LogP contribution in [0, 0.1) is 5.92 Å². The Labute approximate surface area is 236 Å². The highest BCUT2D eigenvalue weighted by Gasteiger charge is 2.27. The molecule has 0 saturated carbocycles. The molecule has 3 N–H and O–H groups in total. The Balaban J connectivity index is 2.24. The fourth-order valence-corrected chi connectivity index (χ4v) is 3.50. The van der Waals surface area contributed by atoms with Crippen molar-refractivity contribution in [1.82, 2.24) is 10.6 Å². The van der Waals surface area contributed by atoms with Gasteiger partial charge in [-0.15, -0.1) is 0 Å². The lowest BCUT2D eigenvalue weighted by molar-refractivity contribution is -0.142. The minimum Gasteiger partial charge on any atom is -0.480 e. The largest absolute Gasteiger partial charge is 0.480 e. The number of hydrogen-bond donors (Lipinski definition) is 4. The van der Waals surface area contributed by atoms with Crippen molar-refractivity contribution in [2.24, 2.45) is 5.92 Å². The van der Waals surface area contributed by atoms with Gasteiger partial charge >= 0.3 is 5.97 Å². The first-order valence-corrected chi connectivity index (χ1v) is 13.8. The lowest BCUT2D eigenvalue weighted by Gasteiger charge is -2.23. The number of carboxylic acids is 1. The fourth-order valence-electron chi connectivity index (χ4n) is 3.37. The zero-order valence-electron chi connectivity index (χ0n) is 23.0. The standard InChI is InChI=1S/C27H44N2O9S/c1-21(2)18-23(26(31)29-24(27(32)33)19-22-6-4-3-5-7-22)28-25(30)20-38-15-14-36-11-10-34-8-9-35-12-13-37-16-17-39/h3-7,21,23-24,39H,8-20H2,1-2H3,(H,28,30)(H,29,31)(H,32,33). The molecule has 1 rings (SSSR count). The molecule has 1 aromatic rings. The molecule has 2 unspecified atom stereocenters. The van der Waals surface area contributed by atoms with Crippen LogP contribution in [0.15, 0.2) is 30.3 Å². The molecule has 0 fully saturated rings. The zero-order valence-corrected chi connectivity index (χ0v) is 23.9. The summed E-state index contributed by atoms with van der Waals surface area (Å²) < 4.78 is 26.7. The van der Waals surface area contributed by atoms with E-state index in [1.165, 1.54) is 0 Å². The number of carbonyl (C=O) groups is 3. The van der Waals surface area contributed by atoms with Gasteiger partial charge in [-0.05, 0) is 17.9 Å². The lowest BCUT2D eigenvalue weighted by Crippen LogP contribution is -2.53. The van der Waals surface area contributed by atoms with E-state index in [-0.39, 0.29) is 32.2 Å². The maximum Gasteiger partial charge on any atom is 0.326 e. The monoisotopic (exact) mass is 572 g/mol. The maximum absolute atomic E-state index is 12.9. The van der Waals surface area contributed by atoms with Gasteiger partial charge in [-0.25, -0.2) is 4.79 Å². The summed E-state index contributed by atoms with van der Waals surface area (Å²) in [5.41, 5.74) is 0.785. The van der Waals surface area contributed by atoms with Crippen molar-refractivity contribution in [3.63, 3.8) is 0 Å². The molecule has 1 aromatic carbocycles. The second-order valence-corrected chi connectivity index (χ2v) is 9.51. The van der Waals surface area contributed by atoms with Gasteiger partial charge < -0.3 is 39.4 Å². The zero-order chi connectivity index (χ0) is 28.7. The normalized spacial score (nSPS) is 12.7. The summed E-state index contributed by atoms with van der Waals surface area (Å²) in [7, 11) is 0. The summed E-state index contributed by atoms with van der Waals surface area (Å²) in [5, 5.41) is 14.8. The molecule has 0 spiro atoms. The first kappa shape index (κ1) is 34.8. The van der Waals surface area contributed by atoms with Gasteiger partial charge in [-0.1, -0.05) is 44.2 Å². The summed E-state index contributed by atoms with van der Waals surface area (Å²) >= 11 is 4.05. The Morgan fingerprint density at radius 1 is 0.769 bits per heavy atom. The van der Waals surface area contributed by atoms with Crippen molar-refractivity contribution in [2.75, 3.05) is 71.8 Å². The van der Waals surface area contributed by atoms with E-state index in [0.29, 0.717) is 58.4 Å². The van der Waals surface area contributed by atoms with Crippen LogP contribution in [-0.2, 0) is 44.5 Å². The Hall–Kier alpha value is -2.22. The van der Waals surface area contributed by atoms with Crippen molar-refractivity contribution in [3.8, 4) is 0 Å². The minimum atomic E-state index is -1.14. The average Bonchev–Trinajstić information content (AvgIpc) is 2.90. The summed E-state index contributed by atoms with van der Waals surface area (Å²) in [6.45, 7) is 7.43. The van der Waals surface area contributed by atoms with Crippen LogP contribution in [0.5, 0.6) is 0 Å². The number of carbonyl (C=O) groups excluding carboxylic acids is 2. The van der Waals surface area contributed by atoms with Crippen molar-refractivity contribution in [1.29, 1.82) is 0 Å². The van der Waals surface area contributed by atoms with Gasteiger partial charge in [-0.3, -0.25) is 9.59 Å². The average molecular weight is 573 g/mol. The third kappa shape index (κ3) is 18.7. The number of rotatable bonds is 24. The first-order chi connectivity index (χ1) is 18.8. The maximum atomic E-state index is 12.9. The molecular formula is C27H44N2O9S. The van der Waals surface area contributed by atoms with Crippen molar-refractivity contribution in [3.05, 3.63) is 35.9 Å². The Bertz CT molecular complexity index is 799. The number of nitrogens with one attached hydrogen (secondary N) is 2. The fraction of sp³-hybridized carbons (Fsp3) is 0.667. The van der Waals surface area contributed by atoms with Gasteiger partial charge in [0.05, 0.1) is 59.5 Å². The molecule has 12 heteroatoms. The number of benzene rings is 1. The number of aliphatic carboxylic acids is 1. The quantitative estimate of drug-likeness (QED) is 0.107. The molecule has 0 aliphatic heterocycles. The van der Waals surface area contributed by atoms with Crippen LogP contribution in [0.4, 0.5) is 0 Å². The van der Waals surface area contributed by atoms with Crippen molar-refractivity contribution < 1.29 is 43.2 Å². The van der Waals surface area contributed by atoms with Crippen molar-refractivity contribution in [2.45, 2.75) is 38.8 Å². The van der Waals surface area contributed by atoms with Crippen LogP contribution < -0.4 is 10.6 Å². The predicted molar refractivity (Wildman–Crippen MR) is 149 cm³/mol. The van der Waals surface area contributed by atoms with E-state index in [1.54, 1.807) is 24.3 Å². The van der Waals surface area contributed by atoms with Gasteiger partial charge in [0.2, 0.25) is 11.8 Å². The van der Waals surface area contributed by atoms with E-state index < -0.39 is 29.9 Å². The summed E-state index contributed by atoms with van der Waals surface area (Å²) in [6, 6.07) is 7.04. The SMILES string of the molecule is CC(C)CC(NC(=O)COCCOCCOCCOCCOCCS)C(=O)NC(Cc1ccccc1)C(=O)O. The molecule has 0 aromatic heterocycles. The van der Waals surface area contributed by atoms with Gasteiger partial charge in [0.15, 0.2) is 0 Å². The Morgan fingerprint density at radius 3 is 1.77 bits per heavy atom. The van der Waals surface area contributed by atoms with E-state index in [1.807, 2.05) is 19.9 Å². The summed E-state index contributed by atoms with van der Waals surface area (Å²) in [6.07, 6.45) is 0.492. The first-order valence-electron chi connectivity index (χ1n) is 13.2. The highest BCUT2D eigenvalue weighted by molar-refractivity contribution is 7.80. The summed E-state index contributed by atoms with van der Waals surface area (Å²) in [4.78, 5) is 36.9. The topological polar surface area (TPSA) is 142 Å². The third-order valence-electron chi connectivity index (χ3n) is 5.21. The van der Waals surface area contributed by atoms with E-state index in [2.05, 4.69) is 23.3 Å². The number of hydrogen-bond acceptors (Lipinski definition) is 9. The molecule has 39 heavy (non-hydrogen) atoms. The van der Waals surface area contributed by atoms with Crippen LogP contribution >= 0.6 is 12.6 Å². The molecule has 2 atom stereocenters. The molecule has 0 aliphatic rings. The molecule has 11 nitrogen and oxygen atoms in total. The van der Waals surface area contributed by atoms with Crippen molar-refractivity contribution >= 4 is 30.4 Å². The summed E-state index contributed by atoms with van der Waals surface area (Å²) in [5.74, 6) is -1.38. The Morgan fingerprint density at radius 2 is 1.28 bits per heavy atom. The van der Waals surface area contributed by atoms with Crippen LogP contribution in [0.2, 0.25) is 0 Å². The number of amides is 2. The number of ether oxygens (including phenoxy) is 5. The van der Waals surface area contributed by atoms with Crippen LogP contribution in [-0.4, -0.2) is 107 Å². The molecule has 0 bridgehead atoms. The second-order valence-electron chi connectivity index (χ2n) is 9.06. The minimum absolute atomic E-state index is 0.0960. The highest BCUT2D eigenvalue weighted by atomic mass is 32.1. The molecule has 0 saturated heterocycles. The molecule has 2 amide bonds. The lowest BCUT2D eigenvalue weighted by atomic mass is 10.0. The van der Waals surface area contributed by atoms with Gasteiger partial charge in [-0.2, -0.15) is 12.6 Å².